The third-order valence-corrected chi connectivity index (χ3v) is 4.20. The highest BCUT2D eigenvalue weighted by molar-refractivity contribution is 5.48. The molecular formula is C18H30N2O. The van der Waals surface area contributed by atoms with Crippen LogP contribution in [-0.4, -0.2) is 37.2 Å². The minimum absolute atomic E-state index is 0.220. The second-order valence-electron chi connectivity index (χ2n) is 6.39. The van der Waals surface area contributed by atoms with Gasteiger partial charge in [-0.05, 0) is 45.9 Å². The van der Waals surface area contributed by atoms with Gasteiger partial charge in [-0.15, -0.1) is 0 Å². The summed E-state index contributed by atoms with van der Waals surface area (Å²) in [6.07, 6.45) is 7.18. The summed E-state index contributed by atoms with van der Waals surface area (Å²) in [5.74, 6) is 0.940. The molecule has 0 saturated heterocycles. The Morgan fingerprint density at radius 3 is 2.71 bits per heavy atom. The predicted octanol–water partition coefficient (Wildman–Crippen LogP) is 4.15. The predicted molar refractivity (Wildman–Crippen MR) is 90.2 cm³/mol. The molecule has 3 nitrogen and oxygen atoms in total. The maximum atomic E-state index is 5.73. The van der Waals surface area contributed by atoms with Gasteiger partial charge in [-0.2, -0.15) is 0 Å². The molecule has 0 bridgehead atoms. The van der Waals surface area contributed by atoms with Crippen molar-refractivity contribution in [2.24, 2.45) is 0 Å². The van der Waals surface area contributed by atoms with Crippen molar-refractivity contribution in [3.63, 3.8) is 0 Å². The first-order valence-corrected chi connectivity index (χ1v) is 8.36. The van der Waals surface area contributed by atoms with Crippen LogP contribution in [0.5, 0.6) is 5.75 Å². The molecule has 1 aliphatic carbocycles. The van der Waals surface area contributed by atoms with Gasteiger partial charge in [0.1, 0.15) is 5.75 Å². The van der Waals surface area contributed by atoms with Crippen LogP contribution in [0, 0.1) is 0 Å². The molecule has 2 rings (SSSR count). The van der Waals surface area contributed by atoms with Crippen LogP contribution < -0.4 is 10.1 Å². The van der Waals surface area contributed by atoms with Crippen LogP contribution in [0.1, 0.15) is 46.0 Å². The van der Waals surface area contributed by atoms with Gasteiger partial charge in [0, 0.05) is 30.9 Å². The summed E-state index contributed by atoms with van der Waals surface area (Å²) in [5.41, 5.74) is 1.14. The molecule has 0 unspecified atom stereocenters. The lowest BCUT2D eigenvalue weighted by atomic mass is 9.94. The summed E-state index contributed by atoms with van der Waals surface area (Å²) in [6, 6.07) is 9.04. The van der Waals surface area contributed by atoms with Crippen molar-refractivity contribution in [3.05, 3.63) is 24.3 Å². The monoisotopic (exact) mass is 290 g/mol. The molecule has 0 atom stereocenters. The van der Waals surface area contributed by atoms with Crippen LogP contribution in [-0.2, 0) is 0 Å². The van der Waals surface area contributed by atoms with E-state index in [1.807, 2.05) is 12.1 Å². The zero-order valence-electron chi connectivity index (χ0n) is 13.8. The first-order chi connectivity index (χ1) is 10.1. The summed E-state index contributed by atoms with van der Waals surface area (Å²) < 4.78 is 5.73. The van der Waals surface area contributed by atoms with Crippen molar-refractivity contribution in [1.82, 2.24) is 4.90 Å². The molecule has 1 N–H and O–H groups in total. The summed E-state index contributed by atoms with van der Waals surface area (Å²) in [6.45, 7) is 6.19. The van der Waals surface area contributed by atoms with E-state index in [0.717, 1.165) is 30.6 Å². The Kier molecular flexibility index (Phi) is 6.37. The van der Waals surface area contributed by atoms with Gasteiger partial charge in [-0.1, -0.05) is 25.3 Å². The van der Waals surface area contributed by atoms with Crippen LogP contribution in [0.15, 0.2) is 24.3 Å². The molecule has 1 aromatic rings. The molecule has 118 valence electrons. The first kappa shape index (κ1) is 16.2. The molecule has 0 aromatic heterocycles. The largest absolute Gasteiger partial charge is 0.491 e. The third-order valence-electron chi connectivity index (χ3n) is 4.20. The lowest BCUT2D eigenvalue weighted by Crippen LogP contribution is -2.36. The summed E-state index contributed by atoms with van der Waals surface area (Å²) in [4.78, 5) is 2.51. The minimum Gasteiger partial charge on any atom is -0.491 e. The molecule has 3 heteroatoms. The number of hydrogen-bond donors (Lipinski definition) is 1. The number of anilines is 1. The molecule has 1 aromatic carbocycles. The fraction of sp³-hybridized carbons (Fsp3) is 0.667. The van der Waals surface area contributed by atoms with E-state index in [-0.39, 0.29) is 6.10 Å². The highest BCUT2D eigenvalue weighted by Gasteiger charge is 2.17. The maximum absolute atomic E-state index is 5.73. The zero-order valence-corrected chi connectivity index (χ0v) is 13.8. The average Bonchev–Trinajstić information content (AvgIpc) is 2.48. The standard InChI is InChI=1S/C18H30N2O/c1-15(2)21-18-11-7-8-16(14-18)19-12-13-20(3)17-9-5-4-6-10-17/h7-8,11,14-15,17,19H,4-6,9-10,12-13H2,1-3H3. The average molecular weight is 290 g/mol. The number of nitrogens with zero attached hydrogens (tertiary/aromatic N) is 1. The number of nitrogens with one attached hydrogen (secondary N) is 1. The number of ether oxygens (including phenoxy) is 1. The highest BCUT2D eigenvalue weighted by atomic mass is 16.5. The third kappa shape index (κ3) is 5.58. The van der Waals surface area contributed by atoms with Crippen molar-refractivity contribution in [2.45, 2.75) is 58.1 Å². The van der Waals surface area contributed by atoms with Gasteiger partial charge in [0.2, 0.25) is 0 Å². The number of benzene rings is 1. The van der Waals surface area contributed by atoms with Crippen molar-refractivity contribution in [3.8, 4) is 5.75 Å². The van der Waals surface area contributed by atoms with Crippen molar-refractivity contribution in [2.75, 3.05) is 25.5 Å². The van der Waals surface area contributed by atoms with Gasteiger partial charge in [-0.3, -0.25) is 0 Å². The van der Waals surface area contributed by atoms with E-state index in [0.29, 0.717) is 0 Å². The Labute approximate surface area is 129 Å². The summed E-state index contributed by atoms with van der Waals surface area (Å²) >= 11 is 0. The molecule has 0 amide bonds. The van der Waals surface area contributed by atoms with E-state index < -0.39 is 0 Å². The minimum atomic E-state index is 0.220. The van der Waals surface area contributed by atoms with Crippen LogP contribution >= 0.6 is 0 Å². The van der Waals surface area contributed by atoms with Crippen molar-refractivity contribution >= 4 is 5.69 Å². The fourth-order valence-electron chi connectivity index (χ4n) is 3.03. The van der Waals surface area contributed by atoms with Crippen LogP contribution in [0.25, 0.3) is 0 Å². The molecule has 1 saturated carbocycles. The van der Waals surface area contributed by atoms with Gasteiger partial charge in [0.25, 0.3) is 0 Å². The highest BCUT2D eigenvalue weighted by Crippen LogP contribution is 2.22. The molecule has 0 aliphatic heterocycles. The number of rotatable bonds is 7. The van der Waals surface area contributed by atoms with Gasteiger partial charge >= 0.3 is 0 Å². The molecule has 21 heavy (non-hydrogen) atoms. The van der Waals surface area contributed by atoms with E-state index in [1.165, 1.54) is 32.1 Å². The van der Waals surface area contributed by atoms with Crippen LogP contribution in [0.3, 0.4) is 0 Å². The topological polar surface area (TPSA) is 24.5 Å². The Bertz CT molecular complexity index is 413. The normalized spacial score (nSPS) is 16.4. The number of hydrogen-bond acceptors (Lipinski definition) is 3. The molecule has 1 fully saturated rings. The maximum Gasteiger partial charge on any atom is 0.121 e. The van der Waals surface area contributed by atoms with Crippen LogP contribution in [0.4, 0.5) is 5.69 Å². The number of likely N-dealkylation sites (N-methyl/N-ethyl adjacent to an activating group) is 1. The van der Waals surface area contributed by atoms with Gasteiger partial charge in [0.05, 0.1) is 6.10 Å². The Morgan fingerprint density at radius 2 is 2.00 bits per heavy atom. The Morgan fingerprint density at radius 1 is 1.24 bits per heavy atom. The Balaban J connectivity index is 1.74. The van der Waals surface area contributed by atoms with Crippen molar-refractivity contribution < 1.29 is 4.74 Å². The summed E-state index contributed by atoms with van der Waals surface area (Å²) in [7, 11) is 2.26. The molecular weight excluding hydrogens is 260 g/mol. The second-order valence-corrected chi connectivity index (χ2v) is 6.39. The first-order valence-electron chi connectivity index (χ1n) is 8.36. The zero-order chi connectivity index (χ0) is 15.1. The van der Waals surface area contributed by atoms with Crippen LogP contribution in [0.2, 0.25) is 0 Å². The van der Waals surface area contributed by atoms with E-state index in [9.17, 15) is 0 Å². The SMILES string of the molecule is CC(C)Oc1cccc(NCCN(C)C2CCCCC2)c1. The molecule has 1 aliphatic rings. The van der Waals surface area contributed by atoms with Gasteiger partial charge in [0.15, 0.2) is 0 Å². The van der Waals surface area contributed by atoms with Crippen molar-refractivity contribution in [1.29, 1.82) is 0 Å². The summed E-state index contributed by atoms with van der Waals surface area (Å²) in [5, 5.41) is 3.51. The Hall–Kier alpha value is -1.22. The second kappa shape index (κ2) is 8.28. The van der Waals surface area contributed by atoms with E-state index in [4.69, 9.17) is 4.74 Å². The molecule has 0 heterocycles. The van der Waals surface area contributed by atoms with E-state index in [1.54, 1.807) is 0 Å². The molecule has 0 spiro atoms. The lowest BCUT2D eigenvalue weighted by molar-refractivity contribution is 0.198. The quantitative estimate of drug-likeness (QED) is 0.816. The van der Waals surface area contributed by atoms with Gasteiger partial charge < -0.3 is 15.0 Å². The fourth-order valence-corrected chi connectivity index (χ4v) is 3.03. The smallest absolute Gasteiger partial charge is 0.121 e. The van der Waals surface area contributed by atoms with E-state index >= 15 is 0 Å². The molecule has 0 radical (unpaired) electrons. The van der Waals surface area contributed by atoms with Gasteiger partial charge in [-0.25, -0.2) is 0 Å². The lowest BCUT2D eigenvalue weighted by Gasteiger charge is -2.31. The van der Waals surface area contributed by atoms with E-state index in [2.05, 4.69) is 43.2 Å².